The second-order valence-corrected chi connectivity index (χ2v) is 9.51. The number of halogens is 2. The fourth-order valence-corrected chi connectivity index (χ4v) is 5.13. The van der Waals surface area contributed by atoms with E-state index >= 15 is 0 Å². The van der Waals surface area contributed by atoms with E-state index in [0.717, 1.165) is 37.8 Å². The van der Waals surface area contributed by atoms with Crippen LogP contribution in [0.15, 0.2) is 35.6 Å². The van der Waals surface area contributed by atoms with Crippen LogP contribution < -0.4 is 4.74 Å². The van der Waals surface area contributed by atoms with Crippen molar-refractivity contribution in [1.82, 2.24) is 14.9 Å². The summed E-state index contributed by atoms with van der Waals surface area (Å²) in [6, 6.07) is 3.86. The number of ether oxygens (including phenoxy) is 1. The molecule has 2 aromatic rings. The number of hydrogen-bond donors (Lipinski definition) is 0. The molecule has 0 unspecified atom stereocenters. The third-order valence-electron chi connectivity index (χ3n) is 4.91. The smallest absolute Gasteiger partial charge is 0.187 e. The van der Waals surface area contributed by atoms with Gasteiger partial charge in [0.25, 0.3) is 0 Å². The Hall–Kier alpha value is -1.77. The summed E-state index contributed by atoms with van der Waals surface area (Å²) in [6.45, 7) is 0. The number of rotatable bonds is 6. The lowest BCUT2D eigenvalue weighted by molar-refractivity contribution is 0.0620. The fraction of sp³-hybridized carbons (Fsp3) is 0.474. The van der Waals surface area contributed by atoms with E-state index in [2.05, 4.69) is 14.9 Å². The first-order valence-corrected chi connectivity index (χ1v) is 11.1. The Labute approximate surface area is 169 Å². The van der Waals surface area contributed by atoms with Gasteiger partial charge in [-0.05, 0) is 45.5 Å². The van der Waals surface area contributed by atoms with Crippen LogP contribution in [0.25, 0.3) is 0 Å². The van der Waals surface area contributed by atoms with E-state index in [1.807, 2.05) is 14.1 Å². The highest BCUT2D eigenvalue weighted by molar-refractivity contribution is 7.90. The Morgan fingerprint density at radius 1 is 1.29 bits per heavy atom. The monoisotopic (exact) mass is 427 g/mol. The zero-order chi connectivity index (χ0) is 20.3. The van der Waals surface area contributed by atoms with Gasteiger partial charge in [0.1, 0.15) is 28.9 Å². The van der Waals surface area contributed by atoms with Crippen molar-refractivity contribution in [2.24, 2.45) is 0 Å². The van der Waals surface area contributed by atoms with Crippen LogP contribution in [0.4, 0.5) is 4.39 Å². The summed E-state index contributed by atoms with van der Waals surface area (Å²) < 4.78 is 45.9. The second kappa shape index (κ2) is 8.71. The predicted molar refractivity (Wildman–Crippen MR) is 105 cm³/mol. The summed E-state index contributed by atoms with van der Waals surface area (Å²) in [6.07, 6.45) is 6.53. The van der Waals surface area contributed by atoms with Crippen LogP contribution in [0, 0.1) is 5.82 Å². The number of benzene rings is 1. The van der Waals surface area contributed by atoms with E-state index < -0.39 is 26.3 Å². The SMILES string of the molecule is CN(C)[C@@H]1CCCC[C@H]1Oc1cc(F)c(S(=O)(=O)Cc2ccncn2)cc1Cl. The molecule has 1 saturated carbocycles. The number of nitrogens with zero attached hydrogens (tertiary/aromatic N) is 3. The van der Waals surface area contributed by atoms with Gasteiger partial charge in [0.15, 0.2) is 9.84 Å². The predicted octanol–water partition coefficient (Wildman–Crippen LogP) is 3.49. The zero-order valence-electron chi connectivity index (χ0n) is 15.8. The second-order valence-electron chi connectivity index (χ2n) is 7.14. The number of sulfone groups is 1. The third-order valence-corrected chi connectivity index (χ3v) is 6.87. The van der Waals surface area contributed by atoms with Crippen molar-refractivity contribution in [3.63, 3.8) is 0 Å². The molecule has 0 bridgehead atoms. The van der Waals surface area contributed by atoms with Crippen LogP contribution in [0.3, 0.4) is 0 Å². The molecule has 0 amide bonds. The summed E-state index contributed by atoms with van der Waals surface area (Å²) in [5, 5.41) is 0.0748. The molecule has 28 heavy (non-hydrogen) atoms. The molecular formula is C19H23ClFN3O3S. The van der Waals surface area contributed by atoms with Gasteiger partial charge in [-0.1, -0.05) is 18.0 Å². The molecule has 1 aromatic carbocycles. The van der Waals surface area contributed by atoms with Crippen molar-refractivity contribution in [2.75, 3.05) is 14.1 Å². The maximum absolute atomic E-state index is 14.7. The first-order valence-electron chi connectivity index (χ1n) is 9.07. The van der Waals surface area contributed by atoms with Gasteiger partial charge in [0.05, 0.1) is 16.5 Å². The van der Waals surface area contributed by atoms with Gasteiger partial charge in [0, 0.05) is 18.3 Å². The van der Waals surface area contributed by atoms with Crippen molar-refractivity contribution >= 4 is 21.4 Å². The Kier molecular flexibility index (Phi) is 6.52. The molecule has 1 heterocycles. The van der Waals surface area contributed by atoms with E-state index in [4.69, 9.17) is 16.3 Å². The average molecular weight is 428 g/mol. The first kappa shape index (κ1) is 21.0. The highest BCUT2D eigenvalue weighted by Crippen LogP contribution is 2.34. The Balaban J connectivity index is 1.84. The quantitative estimate of drug-likeness (QED) is 0.702. The van der Waals surface area contributed by atoms with Crippen molar-refractivity contribution in [2.45, 2.75) is 48.5 Å². The summed E-state index contributed by atoms with van der Waals surface area (Å²) in [5.41, 5.74) is 0.280. The highest BCUT2D eigenvalue weighted by Gasteiger charge is 2.30. The molecule has 1 fully saturated rings. The van der Waals surface area contributed by atoms with Crippen molar-refractivity contribution in [3.05, 3.63) is 47.3 Å². The molecule has 1 aliphatic rings. The summed E-state index contributed by atoms with van der Waals surface area (Å²) in [5.74, 6) is -1.15. The number of likely N-dealkylation sites (N-methyl/N-ethyl adjacent to an activating group) is 1. The Bertz CT molecular complexity index is 926. The molecule has 0 radical (unpaired) electrons. The van der Waals surface area contributed by atoms with Gasteiger partial charge in [-0.2, -0.15) is 0 Å². The minimum atomic E-state index is -3.95. The van der Waals surface area contributed by atoms with Gasteiger partial charge >= 0.3 is 0 Å². The van der Waals surface area contributed by atoms with Crippen molar-refractivity contribution in [3.8, 4) is 5.75 Å². The van der Waals surface area contributed by atoms with Crippen LogP contribution in [0.2, 0.25) is 5.02 Å². The molecule has 1 aliphatic carbocycles. The third kappa shape index (κ3) is 4.79. The average Bonchev–Trinajstić information content (AvgIpc) is 2.65. The molecule has 0 aliphatic heterocycles. The lowest BCUT2D eigenvalue weighted by Crippen LogP contribution is -2.44. The van der Waals surface area contributed by atoms with E-state index in [-0.39, 0.29) is 28.6 Å². The molecule has 9 heteroatoms. The van der Waals surface area contributed by atoms with Crippen molar-refractivity contribution < 1.29 is 17.5 Å². The molecule has 152 valence electrons. The highest BCUT2D eigenvalue weighted by atomic mass is 35.5. The molecular weight excluding hydrogens is 405 g/mol. The lowest BCUT2D eigenvalue weighted by atomic mass is 9.91. The largest absolute Gasteiger partial charge is 0.487 e. The standard InChI is InChI=1S/C19H23ClFN3O3S/c1-24(2)16-5-3-4-6-17(16)27-18-10-15(21)19(9-14(18)20)28(25,26)11-13-7-8-22-12-23-13/h7-10,12,16-17H,3-6,11H2,1-2H3/t16-,17-/m1/s1. The number of hydrogen-bond acceptors (Lipinski definition) is 6. The van der Waals surface area contributed by atoms with Crippen LogP contribution in [-0.4, -0.2) is 49.5 Å². The fourth-order valence-electron chi connectivity index (χ4n) is 3.48. The first-order chi connectivity index (χ1) is 13.3. The maximum atomic E-state index is 14.7. The molecule has 0 N–H and O–H groups in total. The van der Waals surface area contributed by atoms with E-state index in [0.29, 0.717) is 0 Å². The van der Waals surface area contributed by atoms with Crippen LogP contribution in [-0.2, 0) is 15.6 Å². The molecule has 0 saturated heterocycles. The summed E-state index contributed by atoms with van der Waals surface area (Å²) in [4.78, 5) is 9.26. The maximum Gasteiger partial charge on any atom is 0.187 e. The lowest BCUT2D eigenvalue weighted by Gasteiger charge is -2.36. The summed E-state index contributed by atoms with van der Waals surface area (Å²) in [7, 11) is 0.0129. The Morgan fingerprint density at radius 3 is 2.71 bits per heavy atom. The van der Waals surface area contributed by atoms with Gasteiger partial charge in [0.2, 0.25) is 0 Å². The molecule has 3 rings (SSSR count). The van der Waals surface area contributed by atoms with Gasteiger partial charge in [-0.15, -0.1) is 0 Å². The van der Waals surface area contributed by atoms with E-state index in [1.165, 1.54) is 18.6 Å². The minimum Gasteiger partial charge on any atom is -0.487 e. The van der Waals surface area contributed by atoms with Crippen LogP contribution >= 0.6 is 11.6 Å². The van der Waals surface area contributed by atoms with Crippen molar-refractivity contribution in [1.29, 1.82) is 0 Å². The van der Waals surface area contributed by atoms with Crippen LogP contribution in [0.5, 0.6) is 5.75 Å². The zero-order valence-corrected chi connectivity index (χ0v) is 17.4. The van der Waals surface area contributed by atoms with Gasteiger partial charge in [-0.25, -0.2) is 22.8 Å². The topological polar surface area (TPSA) is 72.4 Å². The van der Waals surface area contributed by atoms with E-state index in [1.54, 1.807) is 0 Å². The van der Waals surface area contributed by atoms with E-state index in [9.17, 15) is 12.8 Å². The summed E-state index contributed by atoms with van der Waals surface area (Å²) >= 11 is 6.26. The van der Waals surface area contributed by atoms with Crippen LogP contribution in [0.1, 0.15) is 31.4 Å². The number of aromatic nitrogens is 2. The molecule has 1 aromatic heterocycles. The molecule has 6 nitrogen and oxygen atoms in total. The molecule has 2 atom stereocenters. The van der Waals surface area contributed by atoms with Gasteiger partial charge in [-0.3, -0.25) is 0 Å². The molecule has 0 spiro atoms. The Morgan fingerprint density at radius 2 is 2.04 bits per heavy atom. The normalized spacial score (nSPS) is 20.3. The van der Waals surface area contributed by atoms with Gasteiger partial charge < -0.3 is 9.64 Å². The minimum absolute atomic E-state index is 0.0748.